The maximum Gasteiger partial charge on any atom is 0.347 e. The highest BCUT2D eigenvalue weighted by atomic mass is 35.5. The molecular formula is C18H12ClFO4. The summed E-state index contributed by atoms with van der Waals surface area (Å²) in [6.45, 7) is 1.24. The van der Waals surface area contributed by atoms with Crippen LogP contribution < -0.4 is 10.4 Å². The number of carbonyl (C=O) groups excluding carboxylic acids is 1. The highest BCUT2D eigenvalue weighted by molar-refractivity contribution is 6.31. The van der Waals surface area contributed by atoms with E-state index < -0.39 is 11.4 Å². The van der Waals surface area contributed by atoms with Crippen LogP contribution in [0.5, 0.6) is 5.75 Å². The lowest BCUT2D eigenvalue weighted by Gasteiger charge is -2.09. The lowest BCUT2D eigenvalue weighted by molar-refractivity contribution is 0.101. The van der Waals surface area contributed by atoms with Crippen LogP contribution in [-0.4, -0.2) is 5.78 Å². The smallest absolute Gasteiger partial charge is 0.347 e. The van der Waals surface area contributed by atoms with Gasteiger partial charge in [0.15, 0.2) is 5.78 Å². The van der Waals surface area contributed by atoms with Gasteiger partial charge in [-0.2, -0.15) is 0 Å². The molecule has 0 aliphatic rings. The van der Waals surface area contributed by atoms with E-state index in [-0.39, 0.29) is 34.1 Å². The molecule has 0 spiro atoms. The van der Waals surface area contributed by atoms with Crippen molar-refractivity contribution in [2.24, 2.45) is 0 Å². The Labute approximate surface area is 141 Å². The summed E-state index contributed by atoms with van der Waals surface area (Å²) in [7, 11) is 0. The molecule has 0 aliphatic carbocycles. The molecule has 0 bridgehead atoms. The number of ether oxygens (including phenoxy) is 1. The first-order chi connectivity index (χ1) is 11.5. The van der Waals surface area contributed by atoms with Crippen LogP contribution in [0.15, 0.2) is 51.7 Å². The number of halogens is 2. The fourth-order valence-corrected chi connectivity index (χ4v) is 2.47. The van der Waals surface area contributed by atoms with Crippen molar-refractivity contribution < 1.29 is 18.3 Å². The summed E-state index contributed by atoms with van der Waals surface area (Å²) in [5, 5.41) is 0.865. The predicted molar refractivity (Wildman–Crippen MR) is 88.2 cm³/mol. The zero-order chi connectivity index (χ0) is 17.3. The zero-order valence-electron chi connectivity index (χ0n) is 12.6. The van der Waals surface area contributed by atoms with Crippen LogP contribution in [0, 0.1) is 5.82 Å². The van der Waals surface area contributed by atoms with Crippen LogP contribution in [0.25, 0.3) is 11.0 Å². The Hall–Kier alpha value is -2.66. The quantitative estimate of drug-likeness (QED) is 0.520. The van der Waals surface area contributed by atoms with E-state index in [0.717, 1.165) is 0 Å². The summed E-state index contributed by atoms with van der Waals surface area (Å²) in [6.07, 6.45) is 0. The number of hydrogen-bond donors (Lipinski definition) is 0. The van der Waals surface area contributed by atoms with Crippen LogP contribution in [0.4, 0.5) is 4.39 Å². The summed E-state index contributed by atoms with van der Waals surface area (Å²) in [5.41, 5.74) is -0.187. The minimum Gasteiger partial charge on any atom is -0.489 e. The highest BCUT2D eigenvalue weighted by Crippen LogP contribution is 2.24. The molecule has 6 heteroatoms. The fourth-order valence-electron chi connectivity index (χ4n) is 2.25. The van der Waals surface area contributed by atoms with Crippen LogP contribution >= 0.6 is 11.6 Å². The van der Waals surface area contributed by atoms with Gasteiger partial charge in [0.1, 0.15) is 29.3 Å². The largest absolute Gasteiger partial charge is 0.489 e. The van der Waals surface area contributed by atoms with Crippen LogP contribution in [0.1, 0.15) is 22.8 Å². The molecule has 0 amide bonds. The zero-order valence-corrected chi connectivity index (χ0v) is 13.4. The van der Waals surface area contributed by atoms with Gasteiger partial charge in [0.05, 0.1) is 5.02 Å². The number of hydrogen-bond acceptors (Lipinski definition) is 4. The molecule has 122 valence electrons. The molecule has 0 aliphatic heterocycles. The van der Waals surface area contributed by atoms with Crippen molar-refractivity contribution in [3.63, 3.8) is 0 Å². The summed E-state index contributed by atoms with van der Waals surface area (Å²) in [6, 6.07) is 10.7. The van der Waals surface area contributed by atoms with Crippen LogP contribution in [0.3, 0.4) is 0 Å². The Morgan fingerprint density at radius 1 is 1.25 bits per heavy atom. The van der Waals surface area contributed by atoms with Gasteiger partial charge in [-0.25, -0.2) is 9.18 Å². The summed E-state index contributed by atoms with van der Waals surface area (Å²) in [4.78, 5) is 23.1. The number of rotatable bonds is 4. The first kappa shape index (κ1) is 16.2. The second-order valence-corrected chi connectivity index (χ2v) is 5.60. The Morgan fingerprint density at radius 2 is 2.04 bits per heavy atom. The summed E-state index contributed by atoms with van der Waals surface area (Å²) < 4.78 is 24.4. The summed E-state index contributed by atoms with van der Waals surface area (Å²) >= 11 is 5.95. The van der Waals surface area contributed by atoms with Gasteiger partial charge in [0, 0.05) is 17.0 Å². The monoisotopic (exact) mass is 346 g/mol. The highest BCUT2D eigenvalue weighted by Gasteiger charge is 2.11. The number of benzene rings is 2. The first-order valence-corrected chi connectivity index (χ1v) is 7.48. The van der Waals surface area contributed by atoms with Gasteiger partial charge in [0.2, 0.25) is 0 Å². The number of Topliss-reactive ketones (excluding diaryl/α,β-unsaturated/α-hetero) is 1. The molecule has 1 heterocycles. The van der Waals surface area contributed by atoms with Crippen molar-refractivity contribution in [3.8, 4) is 5.75 Å². The summed E-state index contributed by atoms with van der Waals surface area (Å²) in [5.74, 6) is -0.429. The Balaban J connectivity index is 1.90. The van der Waals surface area contributed by atoms with Gasteiger partial charge >= 0.3 is 5.63 Å². The van der Waals surface area contributed by atoms with Gasteiger partial charge in [-0.3, -0.25) is 4.79 Å². The molecule has 0 fully saturated rings. The van der Waals surface area contributed by atoms with E-state index in [2.05, 4.69) is 0 Å². The van der Waals surface area contributed by atoms with E-state index in [4.69, 9.17) is 20.8 Å². The molecule has 0 N–H and O–H groups in total. The lowest BCUT2D eigenvalue weighted by atomic mass is 10.1. The fraction of sp³-hybridized carbons (Fsp3) is 0.111. The van der Waals surface area contributed by atoms with E-state index in [0.29, 0.717) is 11.1 Å². The third kappa shape index (κ3) is 3.16. The second kappa shape index (κ2) is 6.45. The molecule has 0 unspecified atom stereocenters. The van der Waals surface area contributed by atoms with E-state index in [9.17, 15) is 14.0 Å². The normalized spacial score (nSPS) is 10.8. The molecule has 0 radical (unpaired) electrons. The molecule has 0 atom stereocenters. The Kier molecular flexibility index (Phi) is 4.36. The third-order valence-electron chi connectivity index (χ3n) is 3.53. The standard InChI is InChI=1S/C18H12ClFO4/c1-10(21)13-7-11-5-6-12(8-17(11)24-18(13)22)23-9-14-15(19)3-2-4-16(14)20/h2-8H,9H2,1H3. The SMILES string of the molecule is CC(=O)c1cc2ccc(OCc3c(F)cccc3Cl)cc2oc1=O. The van der Waals surface area contributed by atoms with Crippen LogP contribution in [0.2, 0.25) is 5.02 Å². The van der Waals surface area contributed by atoms with E-state index in [1.165, 1.54) is 31.2 Å². The van der Waals surface area contributed by atoms with Crippen molar-refractivity contribution in [2.45, 2.75) is 13.5 Å². The van der Waals surface area contributed by atoms with Crippen molar-refractivity contribution in [2.75, 3.05) is 0 Å². The number of ketones is 1. The van der Waals surface area contributed by atoms with Crippen molar-refractivity contribution in [1.82, 2.24) is 0 Å². The topological polar surface area (TPSA) is 56.5 Å². The molecule has 1 aromatic heterocycles. The van der Waals surface area contributed by atoms with Gasteiger partial charge < -0.3 is 9.15 Å². The van der Waals surface area contributed by atoms with Crippen molar-refractivity contribution in [3.05, 3.63) is 74.9 Å². The first-order valence-electron chi connectivity index (χ1n) is 7.10. The van der Waals surface area contributed by atoms with Gasteiger partial charge in [0.25, 0.3) is 0 Å². The predicted octanol–water partition coefficient (Wildman–Crippen LogP) is 4.37. The van der Waals surface area contributed by atoms with Gasteiger partial charge in [-0.15, -0.1) is 0 Å². The molecule has 0 saturated heterocycles. The molecule has 24 heavy (non-hydrogen) atoms. The molecule has 4 nitrogen and oxygen atoms in total. The average molecular weight is 347 g/mol. The molecule has 2 aromatic carbocycles. The lowest BCUT2D eigenvalue weighted by Crippen LogP contribution is -2.11. The minimum atomic E-state index is -0.704. The molecule has 0 saturated carbocycles. The third-order valence-corrected chi connectivity index (χ3v) is 3.89. The molecule has 3 rings (SSSR count). The maximum absolute atomic E-state index is 13.7. The number of fused-ring (bicyclic) bond motifs is 1. The van der Waals surface area contributed by atoms with E-state index in [1.54, 1.807) is 18.2 Å². The molecular weight excluding hydrogens is 335 g/mol. The van der Waals surface area contributed by atoms with Crippen molar-refractivity contribution in [1.29, 1.82) is 0 Å². The maximum atomic E-state index is 13.7. The van der Waals surface area contributed by atoms with E-state index in [1.807, 2.05) is 0 Å². The number of carbonyl (C=O) groups is 1. The average Bonchev–Trinajstić information content (AvgIpc) is 2.53. The van der Waals surface area contributed by atoms with Gasteiger partial charge in [-0.1, -0.05) is 17.7 Å². The van der Waals surface area contributed by atoms with Gasteiger partial charge in [-0.05, 0) is 37.3 Å². The molecule has 3 aromatic rings. The minimum absolute atomic E-state index is 0.00527. The Bertz CT molecular complexity index is 974. The second-order valence-electron chi connectivity index (χ2n) is 5.19. The van der Waals surface area contributed by atoms with E-state index >= 15 is 0 Å². The van der Waals surface area contributed by atoms with Crippen molar-refractivity contribution >= 4 is 28.4 Å². The van der Waals surface area contributed by atoms with Crippen LogP contribution in [-0.2, 0) is 6.61 Å². The Morgan fingerprint density at radius 3 is 2.75 bits per heavy atom.